The Bertz CT molecular complexity index is 340. The molecule has 2 unspecified atom stereocenters. The topological polar surface area (TPSA) is 112 Å². The number of epoxide rings is 2. The van der Waals surface area contributed by atoms with Gasteiger partial charge < -0.3 is 18.9 Å². The third-order valence-electron chi connectivity index (χ3n) is 2.16. The van der Waals surface area contributed by atoms with Crippen molar-refractivity contribution in [2.45, 2.75) is 38.9 Å². The minimum Gasteiger partial charge on any atom is -0.463 e. The van der Waals surface area contributed by atoms with Gasteiger partial charge in [-0.1, -0.05) is 6.92 Å². The van der Waals surface area contributed by atoms with Crippen LogP contribution >= 0.6 is 0 Å². The van der Waals surface area contributed by atoms with E-state index in [-0.39, 0.29) is 30.3 Å². The molecule has 2 saturated heterocycles. The van der Waals surface area contributed by atoms with Crippen LogP contribution in [0.2, 0.25) is 0 Å². The Balaban J connectivity index is 0.000000327. The zero-order valence-electron chi connectivity index (χ0n) is 12.2. The maximum atomic E-state index is 10.7. The van der Waals surface area contributed by atoms with Crippen LogP contribution in [0.1, 0.15) is 26.7 Å². The van der Waals surface area contributed by atoms with E-state index in [1.807, 2.05) is 6.92 Å². The molecule has 0 saturated carbocycles. The Hall–Kier alpha value is -1.76. The number of esters is 2. The van der Waals surface area contributed by atoms with Crippen molar-refractivity contribution in [3.05, 3.63) is 0 Å². The van der Waals surface area contributed by atoms with Crippen LogP contribution < -0.4 is 0 Å². The highest BCUT2D eigenvalue weighted by atomic mass is 16.6. The van der Waals surface area contributed by atoms with Gasteiger partial charge >= 0.3 is 18.1 Å². The number of hydrogen-bond donors (Lipinski definition) is 0. The van der Waals surface area contributed by atoms with Gasteiger partial charge in [0.25, 0.3) is 0 Å². The molecule has 2 rings (SSSR count). The highest BCUT2D eigenvalue weighted by Gasteiger charge is 2.24. The molecule has 0 aromatic rings. The van der Waals surface area contributed by atoms with Crippen molar-refractivity contribution < 1.29 is 38.1 Å². The average molecular weight is 304 g/mol. The highest BCUT2D eigenvalue weighted by molar-refractivity contribution is 5.69. The van der Waals surface area contributed by atoms with E-state index < -0.39 is 0 Å². The van der Waals surface area contributed by atoms with Crippen molar-refractivity contribution in [2.75, 3.05) is 26.4 Å². The molecule has 2 atom stereocenters. The Labute approximate surface area is 122 Å². The predicted molar refractivity (Wildman–Crippen MR) is 67.0 cm³/mol. The smallest absolute Gasteiger partial charge is 0.373 e. The first-order chi connectivity index (χ1) is 10.0. The Morgan fingerprint density at radius 2 is 1.52 bits per heavy atom. The van der Waals surface area contributed by atoms with E-state index in [1.54, 1.807) is 0 Å². The molecule has 8 heteroatoms. The predicted octanol–water partition coefficient (Wildman–Crippen LogP) is 0.0933. The fraction of sp³-hybridized carbons (Fsp3) is 0.769. The van der Waals surface area contributed by atoms with Crippen LogP contribution in [0.15, 0.2) is 0 Å². The van der Waals surface area contributed by atoms with Crippen molar-refractivity contribution >= 4 is 18.1 Å². The van der Waals surface area contributed by atoms with Crippen LogP contribution in [0, 0.1) is 0 Å². The van der Waals surface area contributed by atoms with Gasteiger partial charge in [0, 0.05) is 13.3 Å². The number of carbonyl (C=O) groups excluding carboxylic acids is 4. The zero-order chi connectivity index (χ0) is 16.1. The van der Waals surface area contributed by atoms with E-state index in [4.69, 9.17) is 23.8 Å². The van der Waals surface area contributed by atoms with Crippen LogP contribution in [-0.2, 0) is 38.1 Å². The molecule has 2 fully saturated rings. The summed E-state index contributed by atoms with van der Waals surface area (Å²) in [4.78, 5) is 37.0. The first-order valence-electron chi connectivity index (χ1n) is 6.54. The van der Waals surface area contributed by atoms with E-state index in [9.17, 15) is 9.59 Å². The number of rotatable bonds is 6. The van der Waals surface area contributed by atoms with Gasteiger partial charge in [-0.05, 0) is 6.42 Å². The van der Waals surface area contributed by atoms with Crippen LogP contribution in [0.4, 0.5) is 0 Å². The Morgan fingerprint density at radius 1 is 1.10 bits per heavy atom. The summed E-state index contributed by atoms with van der Waals surface area (Å²) in [5.41, 5.74) is 0. The third-order valence-corrected chi connectivity index (χ3v) is 2.16. The number of ether oxygens (including phenoxy) is 4. The molecule has 0 spiro atoms. The molecule has 0 amide bonds. The SMILES string of the molecule is CC(=O)OCC1CO1.CCCC(=O)OCC1CO1.O=C=O. The summed E-state index contributed by atoms with van der Waals surface area (Å²) in [6, 6.07) is 0. The molecule has 0 aromatic heterocycles. The van der Waals surface area contributed by atoms with Crippen molar-refractivity contribution in [3.63, 3.8) is 0 Å². The van der Waals surface area contributed by atoms with Gasteiger partial charge in [-0.15, -0.1) is 0 Å². The first-order valence-corrected chi connectivity index (χ1v) is 6.54. The fourth-order valence-electron chi connectivity index (χ4n) is 1.00. The average Bonchev–Trinajstić information content (AvgIpc) is 3.29. The van der Waals surface area contributed by atoms with E-state index >= 15 is 0 Å². The number of hydrogen-bond acceptors (Lipinski definition) is 8. The maximum Gasteiger partial charge on any atom is 0.373 e. The normalized spacial score (nSPS) is 20.5. The standard InChI is InChI=1S/C7H12O3.C5H8O3.CO2/c1-2-3-7(8)10-5-6-4-9-6;1-4(6)7-2-5-3-8-5;2-1-3/h6H,2-5H2,1H3;5H,2-3H2,1H3;. The lowest BCUT2D eigenvalue weighted by molar-refractivity contribution is -0.191. The zero-order valence-corrected chi connectivity index (χ0v) is 12.2. The van der Waals surface area contributed by atoms with Crippen LogP contribution in [0.25, 0.3) is 0 Å². The van der Waals surface area contributed by atoms with E-state index in [1.165, 1.54) is 6.92 Å². The molecule has 21 heavy (non-hydrogen) atoms. The molecule has 0 bridgehead atoms. The summed E-state index contributed by atoms with van der Waals surface area (Å²) >= 11 is 0. The van der Waals surface area contributed by atoms with Gasteiger partial charge in [0.15, 0.2) is 0 Å². The third kappa shape index (κ3) is 16.2. The molecule has 0 radical (unpaired) electrons. The van der Waals surface area contributed by atoms with E-state index in [0.717, 1.165) is 19.6 Å². The molecular weight excluding hydrogens is 284 g/mol. The lowest BCUT2D eigenvalue weighted by Gasteiger charge is -1.99. The highest BCUT2D eigenvalue weighted by Crippen LogP contribution is 2.09. The van der Waals surface area contributed by atoms with Crippen molar-refractivity contribution in [1.29, 1.82) is 0 Å². The molecule has 2 aliphatic heterocycles. The fourth-order valence-corrected chi connectivity index (χ4v) is 1.00. The van der Waals surface area contributed by atoms with Gasteiger partial charge in [-0.2, -0.15) is 9.59 Å². The summed E-state index contributed by atoms with van der Waals surface area (Å²) in [6.07, 6.45) is 2.01. The van der Waals surface area contributed by atoms with Crippen LogP contribution in [0.3, 0.4) is 0 Å². The van der Waals surface area contributed by atoms with Crippen molar-refractivity contribution in [1.82, 2.24) is 0 Å². The van der Waals surface area contributed by atoms with E-state index in [0.29, 0.717) is 19.6 Å². The molecule has 8 nitrogen and oxygen atoms in total. The summed E-state index contributed by atoms with van der Waals surface area (Å²) in [5.74, 6) is -0.349. The van der Waals surface area contributed by atoms with Gasteiger partial charge in [-0.3, -0.25) is 9.59 Å². The van der Waals surface area contributed by atoms with Crippen LogP contribution in [-0.4, -0.2) is 56.7 Å². The summed E-state index contributed by atoms with van der Waals surface area (Å²) in [6.45, 7) is 5.71. The molecule has 2 aliphatic rings. The second-order valence-electron chi connectivity index (χ2n) is 4.23. The molecule has 0 N–H and O–H groups in total. The molecule has 120 valence electrons. The second-order valence-corrected chi connectivity index (χ2v) is 4.23. The quantitative estimate of drug-likeness (QED) is 0.501. The van der Waals surface area contributed by atoms with Crippen molar-refractivity contribution in [3.8, 4) is 0 Å². The maximum absolute atomic E-state index is 10.7. The molecule has 0 aromatic carbocycles. The lowest BCUT2D eigenvalue weighted by atomic mass is 10.3. The van der Waals surface area contributed by atoms with Gasteiger partial charge in [0.1, 0.15) is 25.4 Å². The van der Waals surface area contributed by atoms with Gasteiger partial charge in [0.2, 0.25) is 0 Å². The van der Waals surface area contributed by atoms with Crippen molar-refractivity contribution in [2.24, 2.45) is 0 Å². The monoisotopic (exact) mass is 304 g/mol. The Kier molecular flexibility index (Phi) is 11.0. The minimum atomic E-state index is -0.236. The first kappa shape index (κ1) is 19.2. The minimum absolute atomic E-state index is 0.113. The summed E-state index contributed by atoms with van der Waals surface area (Å²) < 4.78 is 19.1. The van der Waals surface area contributed by atoms with Gasteiger partial charge in [0.05, 0.1) is 13.2 Å². The largest absolute Gasteiger partial charge is 0.463 e. The summed E-state index contributed by atoms with van der Waals surface area (Å²) in [5, 5.41) is 0. The Morgan fingerprint density at radius 3 is 1.86 bits per heavy atom. The molecule has 2 heterocycles. The van der Waals surface area contributed by atoms with Gasteiger partial charge in [-0.25, -0.2) is 0 Å². The van der Waals surface area contributed by atoms with Crippen LogP contribution in [0.5, 0.6) is 0 Å². The molecular formula is C13H20O8. The summed E-state index contributed by atoms with van der Waals surface area (Å²) in [7, 11) is 0. The second kappa shape index (κ2) is 12.0. The van der Waals surface area contributed by atoms with E-state index in [2.05, 4.69) is 4.74 Å². The molecule has 0 aliphatic carbocycles. The number of carbonyl (C=O) groups is 2. The lowest BCUT2D eigenvalue weighted by Crippen LogP contribution is -2.08.